The molecule has 0 radical (unpaired) electrons. The molecule has 0 unspecified atom stereocenters. The van der Waals surface area contributed by atoms with E-state index in [1.54, 1.807) is 0 Å². The quantitative estimate of drug-likeness (QED) is 0.946. The number of amides is 1. The summed E-state index contributed by atoms with van der Waals surface area (Å²) in [4.78, 5) is 13.9. The molecule has 0 spiro atoms. The molecule has 0 fully saturated rings. The molecule has 100 valence electrons. The first-order valence-electron chi connectivity index (χ1n) is 5.55. The Morgan fingerprint density at radius 2 is 2.11 bits per heavy atom. The van der Waals surface area contributed by atoms with Gasteiger partial charge in [0.25, 0.3) is 5.91 Å². The number of aromatic nitrogens is 2. The lowest BCUT2D eigenvalue weighted by atomic mass is 10.1. The van der Waals surface area contributed by atoms with E-state index < -0.39 is 0 Å². The van der Waals surface area contributed by atoms with Crippen LogP contribution in [0.2, 0.25) is 4.47 Å². The Kier molecular flexibility index (Phi) is 4.01. The van der Waals surface area contributed by atoms with Crippen LogP contribution in [-0.4, -0.2) is 30.2 Å². The summed E-state index contributed by atoms with van der Waals surface area (Å²) in [5, 5.41) is 10.4. The predicted octanol–water partition coefficient (Wildman–Crippen LogP) is 2.82. The van der Waals surface area contributed by atoms with Gasteiger partial charge >= 0.3 is 0 Å². The highest BCUT2D eigenvalue weighted by Gasteiger charge is 2.13. The lowest BCUT2D eigenvalue weighted by Crippen LogP contribution is -2.13. The number of aryl methyl sites for hydroxylation is 1. The smallest absolute Gasteiger partial charge is 0.286 e. The van der Waals surface area contributed by atoms with Crippen molar-refractivity contribution in [1.29, 1.82) is 0 Å². The highest BCUT2D eigenvalue weighted by molar-refractivity contribution is 7.17. The SMILES string of the molecule is Cc1cc(N(C)C)ccc1NC(=O)c1nnc(Cl)s1. The third-order valence-electron chi connectivity index (χ3n) is 2.57. The van der Waals surface area contributed by atoms with Crippen molar-refractivity contribution in [2.45, 2.75) is 6.92 Å². The Bertz CT molecular complexity index is 612. The van der Waals surface area contributed by atoms with Gasteiger partial charge in [0.1, 0.15) is 0 Å². The molecular formula is C12H13ClN4OS. The summed E-state index contributed by atoms with van der Waals surface area (Å²) >= 11 is 6.71. The van der Waals surface area contributed by atoms with Gasteiger partial charge in [0.05, 0.1) is 0 Å². The van der Waals surface area contributed by atoms with E-state index in [0.717, 1.165) is 28.3 Å². The van der Waals surface area contributed by atoms with E-state index in [9.17, 15) is 4.79 Å². The van der Waals surface area contributed by atoms with Gasteiger partial charge in [0.2, 0.25) is 9.47 Å². The number of benzene rings is 1. The summed E-state index contributed by atoms with van der Waals surface area (Å²) in [6.07, 6.45) is 0. The van der Waals surface area contributed by atoms with Gasteiger partial charge in [-0.2, -0.15) is 0 Å². The molecule has 19 heavy (non-hydrogen) atoms. The normalized spacial score (nSPS) is 10.3. The van der Waals surface area contributed by atoms with Gasteiger partial charge in [-0.1, -0.05) is 11.3 Å². The number of carbonyl (C=O) groups is 1. The molecule has 0 aliphatic carbocycles. The number of hydrogen-bond donors (Lipinski definition) is 1. The summed E-state index contributed by atoms with van der Waals surface area (Å²) in [5.41, 5.74) is 2.81. The number of halogens is 1. The molecule has 1 aromatic heterocycles. The Morgan fingerprint density at radius 3 is 2.63 bits per heavy atom. The van der Waals surface area contributed by atoms with Gasteiger partial charge < -0.3 is 10.2 Å². The van der Waals surface area contributed by atoms with Gasteiger partial charge in [-0.3, -0.25) is 4.79 Å². The summed E-state index contributed by atoms with van der Waals surface area (Å²) in [7, 11) is 3.94. The number of nitrogens with zero attached hydrogens (tertiary/aromatic N) is 3. The summed E-state index contributed by atoms with van der Waals surface area (Å²) in [5.74, 6) is -0.301. The van der Waals surface area contributed by atoms with Crippen molar-refractivity contribution in [3.8, 4) is 0 Å². The fourth-order valence-corrected chi connectivity index (χ4v) is 2.26. The van der Waals surface area contributed by atoms with Crippen LogP contribution >= 0.6 is 22.9 Å². The van der Waals surface area contributed by atoms with Crippen molar-refractivity contribution < 1.29 is 4.79 Å². The van der Waals surface area contributed by atoms with E-state index in [0.29, 0.717) is 0 Å². The van der Waals surface area contributed by atoms with Crippen LogP contribution in [0.25, 0.3) is 0 Å². The molecule has 0 saturated carbocycles. The van der Waals surface area contributed by atoms with Gasteiger partial charge in [0, 0.05) is 25.5 Å². The molecule has 2 rings (SSSR count). The minimum Gasteiger partial charge on any atom is -0.378 e. The topological polar surface area (TPSA) is 58.1 Å². The van der Waals surface area contributed by atoms with E-state index in [2.05, 4.69) is 15.5 Å². The molecule has 0 aliphatic rings. The molecule has 1 aromatic carbocycles. The van der Waals surface area contributed by atoms with Crippen LogP contribution in [0.1, 0.15) is 15.4 Å². The minimum atomic E-state index is -0.301. The van der Waals surface area contributed by atoms with Crippen molar-refractivity contribution in [3.63, 3.8) is 0 Å². The van der Waals surface area contributed by atoms with Crippen molar-refractivity contribution in [2.24, 2.45) is 0 Å². The number of hydrogen-bond acceptors (Lipinski definition) is 5. The highest BCUT2D eigenvalue weighted by Crippen LogP contribution is 2.22. The molecule has 2 aromatic rings. The number of anilines is 2. The van der Waals surface area contributed by atoms with Crippen molar-refractivity contribution in [1.82, 2.24) is 10.2 Å². The van der Waals surface area contributed by atoms with E-state index in [4.69, 9.17) is 11.6 Å². The number of rotatable bonds is 3. The Morgan fingerprint density at radius 1 is 1.37 bits per heavy atom. The first-order valence-corrected chi connectivity index (χ1v) is 6.75. The van der Waals surface area contributed by atoms with Crippen molar-refractivity contribution in [2.75, 3.05) is 24.3 Å². The van der Waals surface area contributed by atoms with Gasteiger partial charge in [-0.25, -0.2) is 0 Å². The fraction of sp³-hybridized carbons (Fsp3) is 0.250. The monoisotopic (exact) mass is 296 g/mol. The second-order valence-electron chi connectivity index (χ2n) is 4.21. The molecule has 1 heterocycles. The van der Waals surface area contributed by atoms with Crippen LogP contribution in [-0.2, 0) is 0 Å². The first-order chi connectivity index (χ1) is 8.97. The molecule has 1 amide bonds. The van der Waals surface area contributed by atoms with Crippen molar-refractivity contribution >= 4 is 40.2 Å². The molecule has 7 heteroatoms. The van der Waals surface area contributed by atoms with Crippen molar-refractivity contribution in [3.05, 3.63) is 33.2 Å². The summed E-state index contributed by atoms with van der Waals surface area (Å²) < 4.78 is 0.254. The first kappa shape index (κ1) is 13.8. The molecular weight excluding hydrogens is 284 g/mol. The zero-order valence-electron chi connectivity index (χ0n) is 10.8. The molecule has 5 nitrogen and oxygen atoms in total. The minimum absolute atomic E-state index is 0.251. The lowest BCUT2D eigenvalue weighted by molar-refractivity contribution is 0.102. The van der Waals surface area contributed by atoms with Gasteiger partial charge in [0.15, 0.2) is 0 Å². The van der Waals surface area contributed by atoms with Crippen LogP contribution < -0.4 is 10.2 Å². The van der Waals surface area contributed by atoms with E-state index in [1.165, 1.54) is 0 Å². The van der Waals surface area contributed by atoms with Crippen LogP contribution in [0, 0.1) is 6.92 Å². The average molecular weight is 297 g/mol. The van der Waals surface area contributed by atoms with E-state index in [1.807, 2.05) is 44.1 Å². The number of carbonyl (C=O) groups excluding carboxylic acids is 1. The zero-order chi connectivity index (χ0) is 14.0. The van der Waals surface area contributed by atoms with Crippen LogP contribution in [0.4, 0.5) is 11.4 Å². The fourth-order valence-electron chi connectivity index (χ4n) is 1.54. The zero-order valence-corrected chi connectivity index (χ0v) is 12.3. The summed E-state index contributed by atoms with van der Waals surface area (Å²) in [6, 6.07) is 5.81. The van der Waals surface area contributed by atoms with Crippen LogP contribution in [0.15, 0.2) is 18.2 Å². The number of nitrogens with one attached hydrogen (secondary N) is 1. The van der Waals surface area contributed by atoms with E-state index >= 15 is 0 Å². The molecule has 0 aliphatic heterocycles. The molecule has 0 saturated heterocycles. The maximum Gasteiger partial charge on any atom is 0.286 e. The van der Waals surface area contributed by atoms with Crippen LogP contribution in [0.5, 0.6) is 0 Å². The maximum atomic E-state index is 11.9. The third kappa shape index (κ3) is 3.21. The predicted molar refractivity (Wildman–Crippen MR) is 78.4 cm³/mol. The standard InChI is InChI=1S/C12H13ClN4OS/c1-7-6-8(17(2)3)4-5-9(7)14-10(18)11-15-16-12(13)19-11/h4-6H,1-3H3,(H,14,18). The highest BCUT2D eigenvalue weighted by atomic mass is 35.5. The maximum absolute atomic E-state index is 11.9. The third-order valence-corrected chi connectivity index (χ3v) is 3.59. The Labute approximate surface area is 120 Å². The largest absolute Gasteiger partial charge is 0.378 e. The molecule has 0 bridgehead atoms. The molecule has 0 atom stereocenters. The van der Waals surface area contributed by atoms with Gasteiger partial charge in [-0.05, 0) is 42.3 Å². The second-order valence-corrected chi connectivity index (χ2v) is 5.77. The Balaban J connectivity index is 2.17. The van der Waals surface area contributed by atoms with Gasteiger partial charge in [-0.15, -0.1) is 10.2 Å². The molecule has 1 N–H and O–H groups in total. The van der Waals surface area contributed by atoms with E-state index in [-0.39, 0.29) is 15.4 Å². The Hall–Kier alpha value is -1.66. The lowest BCUT2D eigenvalue weighted by Gasteiger charge is -2.15. The summed E-state index contributed by atoms with van der Waals surface area (Å²) in [6.45, 7) is 1.94. The average Bonchev–Trinajstić information content (AvgIpc) is 2.78. The second kappa shape index (κ2) is 5.54. The van der Waals surface area contributed by atoms with Crippen LogP contribution in [0.3, 0.4) is 0 Å².